The van der Waals surface area contributed by atoms with E-state index in [0.717, 1.165) is 56.0 Å². The van der Waals surface area contributed by atoms with Crippen LogP contribution in [0.25, 0.3) is 11.5 Å². The van der Waals surface area contributed by atoms with Gasteiger partial charge in [-0.15, -0.1) is 11.8 Å². The lowest BCUT2D eigenvalue weighted by Gasteiger charge is -2.30. The van der Waals surface area contributed by atoms with Crippen molar-refractivity contribution in [1.82, 2.24) is 25.3 Å². The minimum Gasteiger partial charge on any atom is -0.342 e. The van der Waals surface area contributed by atoms with Gasteiger partial charge in [0.1, 0.15) is 0 Å². The number of thioether (sulfide) groups is 1. The lowest BCUT2D eigenvalue weighted by atomic mass is 10.2. The summed E-state index contributed by atoms with van der Waals surface area (Å²) >= 11 is 1.54. The minimum atomic E-state index is 0.118. The maximum Gasteiger partial charge on any atom is 0.259 e. The summed E-state index contributed by atoms with van der Waals surface area (Å²) in [6.07, 6.45) is 2.23. The first-order valence-corrected chi connectivity index (χ1v) is 10.5. The Morgan fingerprint density at radius 2 is 2.11 bits per heavy atom. The Morgan fingerprint density at radius 1 is 1.30 bits per heavy atom. The van der Waals surface area contributed by atoms with Crippen molar-refractivity contribution >= 4 is 17.7 Å². The smallest absolute Gasteiger partial charge is 0.259 e. The first kappa shape index (κ1) is 18.5. The first-order valence-electron chi connectivity index (χ1n) is 9.47. The van der Waals surface area contributed by atoms with E-state index in [4.69, 9.17) is 4.52 Å². The van der Waals surface area contributed by atoms with Crippen LogP contribution < -0.4 is 5.32 Å². The molecule has 2 fully saturated rings. The molecule has 1 atom stereocenters. The highest BCUT2D eigenvalue weighted by Crippen LogP contribution is 2.32. The Hall–Kier alpha value is -1.90. The van der Waals surface area contributed by atoms with Crippen molar-refractivity contribution in [2.45, 2.75) is 23.8 Å². The van der Waals surface area contributed by atoms with Gasteiger partial charge in [0.2, 0.25) is 5.91 Å². The van der Waals surface area contributed by atoms with E-state index in [9.17, 15) is 4.79 Å². The fourth-order valence-corrected chi connectivity index (χ4v) is 4.49. The van der Waals surface area contributed by atoms with Gasteiger partial charge in [0.25, 0.3) is 5.89 Å². The normalized spacial score (nSPS) is 20.9. The molecule has 1 aromatic carbocycles. The molecule has 8 heteroatoms. The Morgan fingerprint density at radius 3 is 2.93 bits per heavy atom. The van der Waals surface area contributed by atoms with Crippen LogP contribution in [0, 0.1) is 0 Å². The molecule has 7 nitrogen and oxygen atoms in total. The number of nitrogens with one attached hydrogen (secondary N) is 1. The summed E-state index contributed by atoms with van der Waals surface area (Å²) in [5, 5.41) is 7.59. The summed E-state index contributed by atoms with van der Waals surface area (Å²) in [5.74, 6) is 1.86. The van der Waals surface area contributed by atoms with Gasteiger partial charge in [-0.25, -0.2) is 0 Å². The number of likely N-dealkylation sites (N-methyl/N-ethyl adjacent to an activating group) is 1. The summed E-state index contributed by atoms with van der Waals surface area (Å²) < 4.78 is 5.58. The molecular weight excluding hydrogens is 362 g/mol. The number of amides is 1. The van der Waals surface area contributed by atoms with Crippen molar-refractivity contribution in [2.24, 2.45) is 0 Å². The van der Waals surface area contributed by atoms with Crippen LogP contribution in [0.15, 0.2) is 33.7 Å². The van der Waals surface area contributed by atoms with Gasteiger partial charge in [-0.1, -0.05) is 17.3 Å². The zero-order valence-corrected chi connectivity index (χ0v) is 16.4. The number of aromatic nitrogens is 2. The van der Waals surface area contributed by atoms with Gasteiger partial charge in [0, 0.05) is 37.6 Å². The van der Waals surface area contributed by atoms with Crippen LogP contribution in [-0.2, 0) is 4.79 Å². The number of piperazine rings is 1. The SMILES string of the molecule is CN1CCNCC1c1noc(-c2ccccc2SCC(=O)N2CCCC2)n1. The average Bonchev–Trinajstić information content (AvgIpc) is 3.39. The zero-order valence-electron chi connectivity index (χ0n) is 15.6. The van der Waals surface area contributed by atoms with Crippen molar-refractivity contribution in [3.63, 3.8) is 0 Å². The number of rotatable bonds is 5. The molecule has 1 N–H and O–H groups in total. The van der Waals surface area contributed by atoms with E-state index in [1.165, 1.54) is 0 Å². The van der Waals surface area contributed by atoms with E-state index in [1.807, 2.05) is 29.2 Å². The van der Waals surface area contributed by atoms with Gasteiger partial charge in [0.05, 0.1) is 17.4 Å². The van der Waals surface area contributed by atoms with Crippen LogP contribution in [0.4, 0.5) is 0 Å². The molecular formula is C19H25N5O2S. The van der Waals surface area contributed by atoms with Gasteiger partial charge in [-0.3, -0.25) is 9.69 Å². The maximum atomic E-state index is 12.4. The molecule has 0 spiro atoms. The number of likely N-dealkylation sites (tertiary alicyclic amines) is 1. The van der Waals surface area contributed by atoms with Gasteiger partial charge < -0.3 is 14.7 Å². The molecule has 4 rings (SSSR count). The maximum absolute atomic E-state index is 12.4. The van der Waals surface area contributed by atoms with Crippen LogP contribution in [-0.4, -0.2) is 71.4 Å². The summed E-state index contributed by atoms with van der Waals surface area (Å²) in [6, 6.07) is 8.04. The fraction of sp³-hybridized carbons (Fsp3) is 0.526. The van der Waals surface area contributed by atoms with E-state index in [0.29, 0.717) is 17.5 Å². The third-order valence-corrected chi connectivity index (χ3v) is 6.24. The Kier molecular flexibility index (Phi) is 5.75. The molecule has 0 aliphatic carbocycles. The molecule has 1 aromatic heterocycles. The lowest BCUT2D eigenvalue weighted by Crippen LogP contribution is -2.44. The second-order valence-corrected chi connectivity index (χ2v) is 8.05. The average molecular weight is 388 g/mol. The fourth-order valence-electron chi connectivity index (χ4n) is 3.54. The summed E-state index contributed by atoms with van der Waals surface area (Å²) in [7, 11) is 2.08. The van der Waals surface area contributed by atoms with Crippen LogP contribution in [0.3, 0.4) is 0 Å². The third kappa shape index (κ3) is 4.17. The molecule has 1 unspecified atom stereocenters. The molecule has 1 amide bonds. The summed E-state index contributed by atoms with van der Waals surface area (Å²) in [4.78, 5) is 22.2. The summed E-state index contributed by atoms with van der Waals surface area (Å²) in [5.41, 5.74) is 0.891. The van der Waals surface area contributed by atoms with Gasteiger partial charge >= 0.3 is 0 Å². The highest BCUT2D eigenvalue weighted by atomic mass is 32.2. The van der Waals surface area contributed by atoms with E-state index in [1.54, 1.807) is 11.8 Å². The largest absolute Gasteiger partial charge is 0.342 e. The molecule has 27 heavy (non-hydrogen) atoms. The highest BCUT2D eigenvalue weighted by molar-refractivity contribution is 8.00. The van der Waals surface area contributed by atoms with E-state index in [-0.39, 0.29) is 11.9 Å². The van der Waals surface area contributed by atoms with E-state index >= 15 is 0 Å². The topological polar surface area (TPSA) is 74.5 Å². The second-order valence-electron chi connectivity index (χ2n) is 7.03. The van der Waals surface area contributed by atoms with Crippen LogP contribution in [0.1, 0.15) is 24.7 Å². The molecule has 0 saturated carbocycles. The van der Waals surface area contributed by atoms with Crippen LogP contribution in [0.2, 0.25) is 0 Å². The van der Waals surface area contributed by atoms with Crippen LogP contribution in [0.5, 0.6) is 0 Å². The molecule has 2 aromatic rings. The van der Waals surface area contributed by atoms with Gasteiger partial charge in [0.15, 0.2) is 5.82 Å². The first-order chi connectivity index (χ1) is 13.2. The number of carbonyl (C=O) groups excluding carboxylic acids is 1. The van der Waals surface area contributed by atoms with Gasteiger partial charge in [-0.2, -0.15) is 4.98 Å². The minimum absolute atomic E-state index is 0.118. The molecule has 2 saturated heterocycles. The van der Waals surface area contributed by atoms with E-state index < -0.39 is 0 Å². The monoisotopic (exact) mass is 387 g/mol. The Balaban J connectivity index is 1.48. The zero-order chi connectivity index (χ0) is 18.6. The third-order valence-electron chi connectivity index (χ3n) is 5.18. The Bertz CT molecular complexity index is 790. The molecule has 0 radical (unpaired) electrons. The molecule has 2 aliphatic heterocycles. The van der Waals surface area contributed by atoms with E-state index in [2.05, 4.69) is 27.4 Å². The molecule has 0 bridgehead atoms. The number of carbonyl (C=O) groups is 1. The van der Waals surface area contributed by atoms with Crippen molar-refractivity contribution in [3.8, 4) is 11.5 Å². The van der Waals surface area contributed by atoms with Crippen molar-refractivity contribution in [2.75, 3.05) is 45.5 Å². The number of benzene rings is 1. The number of hydrogen-bond donors (Lipinski definition) is 1. The number of hydrogen-bond acceptors (Lipinski definition) is 7. The number of nitrogens with zero attached hydrogens (tertiary/aromatic N) is 4. The highest BCUT2D eigenvalue weighted by Gasteiger charge is 2.26. The van der Waals surface area contributed by atoms with Crippen molar-refractivity contribution in [1.29, 1.82) is 0 Å². The second kappa shape index (κ2) is 8.41. The quantitative estimate of drug-likeness (QED) is 0.787. The molecule has 2 aliphatic rings. The summed E-state index contributed by atoms with van der Waals surface area (Å²) in [6.45, 7) is 4.52. The molecule has 3 heterocycles. The predicted octanol–water partition coefficient (Wildman–Crippen LogP) is 2.03. The lowest BCUT2D eigenvalue weighted by molar-refractivity contribution is -0.127. The van der Waals surface area contributed by atoms with Gasteiger partial charge in [-0.05, 0) is 32.0 Å². The predicted molar refractivity (Wildman–Crippen MR) is 105 cm³/mol. The van der Waals surface area contributed by atoms with Crippen molar-refractivity contribution in [3.05, 3.63) is 30.1 Å². The molecule has 144 valence electrons. The van der Waals surface area contributed by atoms with Crippen LogP contribution >= 0.6 is 11.8 Å². The standard InChI is InChI=1S/C19H25N5O2S/c1-23-11-8-20-12-15(23)18-21-19(26-22-18)14-6-2-3-7-16(14)27-13-17(25)24-9-4-5-10-24/h2-3,6-7,15,20H,4-5,8-13H2,1H3. The van der Waals surface area contributed by atoms with Crippen molar-refractivity contribution < 1.29 is 9.32 Å². The Labute approximate surface area is 163 Å².